The quantitative estimate of drug-likeness (QED) is 0.853. The van der Waals surface area contributed by atoms with Crippen LogP contribution in [0.1, 0.15) is 6.92 Å². The van der Waals surface area contributed by atoms with Crippen LogP contribution in [0.15, 0.2) is 33.6 Å². The fourth-order valence-corrected chi connectivity index (χ4v) is 3.07. The van der Waals surface area contributed by atoms with E-state index in [0.717, 1.165) is 9.37 Å². The Kier molecular flexibility index (Phi) is 4.87. The van der Waals surface area contributed by atoms with E-state index < -0.39 is 0 Å². The lowest BCUT2D eigenvalue weighted by Gasteiger charge is -2.28. The van der Waals surface area contributed by atoms with E-state index in [0.29, 0.717) is 13.1 Å². The van der Waals surface area contributed by atoms with Crippen molar-refractivity contribution < 1.29 is 9.59 Å². The number of hydrogen-bond acceptors (Lipinski definition) is 3. The summed E-state index contributed by atoms with van der Waals surface area (Å²) in [5.74, 6) is -0.0665. The van der Waals surface area contributed by atoms with Gasteiger partial charge < -0.3 is 10.2 Å². The van der Waals surface area contributed by atoms with Crippen molar-refractivity contribution in [3.63, 3.8) is 0 Å². The van der Waals surface area contributed by atoms with Crippen LogP contribution >= 0.6 is 27.7 Å². The van der Waals surface area contributed by atoms with Crippen molar-refractivity contribution in [1.29, 1.82) is 0 Å². The van der Waals surface area contributed by atoms with Gasteiger partial charge >= 0.3 is 0 Å². The van der Waals surface area contributed by atoms with Crippen molar-refractivity contribution in [2.45, 2.75) is 17.1 Å². The topological polar surface area (TPSA) is 49.4 Å². The highest BCUT2D eigenvalue weighted by molar-refractivity contribution is 9.10. The highest BCUT2D eigenvalue weighted by atomic mass is 79.9. The second-order valence-electron chi connectivity index (χ2n) is 4.32. The standard InChI is InChI=1S/C13H15BrN2O2S/c1-9(19-11-4-2-10(14)3-5-11)13(18)16-7-6-15-12(17)8-16/h2-5,9H,6-8H2,1H3,(H,15,17)/t9-/m1/s1. The Morgan fingerprint density at radius 2 is 2.11 bits per heavy atom. The lowest BCUT2D eigenvalue weighted by molar-refractivity contribution is -0.137. The van der Waals surface area contributed by atoms with Crippen LogP contribution in [0.5, 0.6) is 0 Å². The Labute approximate surface area is 125 Å². The fourth-order valence-electron chi connectivity index (χ4n) is 1.85. The molecule has 0 saturated carbocycles. The van der Waals surface area contributed by atoms with Crippen LogP contribution in [0, 0.1) is 0 Å². The number of benzene rings is 1. The van der Waals surface area contributed by atoms with Gasteiger partial charge in [-0.2, -0.15) is 0 Å². The summed E-state index contributed by atoms with van der Waals surface area (Å²) in [6.07, 6.45) is 0. The molecule has 1 fully saturated rings. The molecular weight excluding hydrogens is 328 g/mol. The maximum Gasteiger partial charge on any atom is 0.239 e. The Balaban J connectivity index is 1.95. The van der Waals surface area contributed by atoms with Gasteiger partial charge in [-0.05, 0) is 31.2 Å². The van der Waals surface area contributed by atoms with E-state index in [1.165, 1.54) is 11.8 Å². The van der Waals surface area contributed by atoms with Crippen LogP contribution in [-0.4, -0.2) is 41.6 Å². The number of halogens is 1. The van der Waals surface area contributed by atoms with Gasteiger partial charge in [0, 0.05) is 22.5 Å². The maximum atomic E-state index is 12.2. The zero-order valence-electron chi connectivity index (χ0n) is 10.6. The third-order valence-corrected chi connectivity index (χ3v) is 4.45. The second-order valence-corrected chi connectivity index (χ2v) is 6.65. The summed E-state index contributed by atoms with van der Waals surface area (Å²) >= 11 is 4.89. The van der Waals surface area contributed by atoms with Gasteiger partial charge in [-0.15, -0.1) is 11.8 Å². The van der Waals surface area contributed by atoms with E-state index in [1.807, 2.05) is 31.2 Å². The predicted molar refractivity (Wildman–Crippen MR) is 79.1 cm³/mol. The molecule has 6 heteroatoms. The minimum absolute atomic E-state index is 0.0165. The molecule has 0 unspecified atom stereocenters. The van der Waals surface area contributed by atoms with Crippen LogP contribution in [-0.2, 0) is 9.59 Å². The van der Waals surface area contributed by atoms with Crippen molar-refractivity contribution in [3.8, 4) is 0 Å². The molecule has 0 aromatic heterocycles. The maximum absolute atomic E-state index is 12.2. The first-order valence-corrected chi connectivity index (χ1v) is 7.71. The molecule has 1 aliphatic rings. The molecule has 0 bridgehead atoms. The first kappa shape index (κ1) is 14.4. The molecule has 0 radical (unpaired) electrons. The van der Waals surface area contributed by atoms with Crippen molar-refractivity contribution >= 4 is 39.5 Å². The number of hydrogen-bond donors (Lipinski definition) is 1. The van der Waals surface area contributed by atoms with Gasteiger partial charge in [0.15, 0.2) is 0 Å². The molecule has 2 amide bonds. The summed E-state index contributed by atoms with van der Waals surface area (Å²) in [6, 6.07) is 7.85. The second kappa shape index (κ2) is 6.43. The number of thioether (sulfide) groups is 1. The summed E-state index contributed by atoms with van der Waals surface area (Å²) in [5.41, 5.74) is 0. The van der Waals surface area contributed by atoms with Gasteiger partial charge in [-0.25, -0.2) is 0 Å². The number of rotatable bonds is 3. The number of amides is 2. The molecule has 1 heterocycles. The van der Waals surface area contributed by atoms with Gasteiger partial charge in [0.25, 0.3) is 0 Å². The zero-order chi connectivity index (χ0) is 13.8. The zero-order valence-corrected chi connectivity index (χ0v) is 13.0. The normalized spacial score (nSPS) is 16.9. The third-order valence-electron chi connectivity index (χ3n) is 2.82. The first-order chi connectivity index (χ1) is 9.06. The number of nitrogens with one attached hydrogen (secondary N) is 1. The summed E-state index contributed by atoms with van der Waals surface area (Å²) in [6.45, 7) is 3.18. The lowest BCUT2D eigenvalue weighted by Crippen LogP contribution is -2.51. The minimum atomic E-state index is -0.188. The molecule has 1 aromatic rings. The van der Waals surface area contributed by atoms with Gasteiger partial charge in [0.05, 0.1) is 11.8 Å². The molecule has 1 N–H and O–H groups in total. The van der Waals surface area contributed by atoms with Crippen LogP contribution in [0.25, 0.3) is 0 Å². The van der Waals surface area contributed by atoms with Crippen LogP contribution in [0.2, 0.25) is 0 Å². The van der Waals surface area contributed by atoms with Crippen LogP contribution in [0.3, 0.4) is 0 Å². The molecule has 1 saturated heterocycles. The SMILES string of the molecule is C[C@@H](Sc1ccc(Br)cc1)C(=O)N1CCNC(=O)C1. The molecule has 4 nitrogen and oxygen atoms in total. The van der Waals surface area contributed by atoms with Crippen LogP contribution in [0.4, 0.5) is 0 Å². The van der Waals surface area contributed by atoms with Gasteiger partial charge in [0.1, 0.15) is 0 Å². The first-order valence-electron chi connectivity index (χ1n) is 6.04. The third kappa shape index (κ3) is 3.98. The summed E-state index contributed by atoms with van der Waals surface area (Å²) in [5, 5.41) is 2.53. The average Bonchev–Trinajstić information content (AvgIpc) is 2.40. The number of carbonyl (C=O) groups excluding carboxylic acids is 2. The Morgan fingerprint density at radius 3 is 2.74 bits per heavy atom. The molecule has 0 spiro atoms. The largest absolute Gasteiger partial charge is 0.353 e. The van der Waals surface area contributed by atoms with E-state index in [1.54, 1.807) is 4.90 Å². The molecule has 1 atom stereocenters. The fraction of sp³-hybridized carbons (Fsp3) is 0.385. The Bertz CT molecular complexity index is 478. The molecule has 1 aromatic carbocycles. The van der Waals surface area contributed by atoms with Crippen molar-refractivity contribution in [1.82, 2.24) is 10.2 Å². The molecule has 19 heavy (non-hydrogen) atoms. The average molecular weight is 343 g/mol. The van der Waals surface area contributed by atoms with E-state index in [2.05, 4.69) is 21.2 Å². The molecule has 1 aliphatic heterocycles. The predicted octanol–water partition coefficient (Wildman–Crippen LogP) is 1.89. The molecule has 0 aliphatic carbocycles. The van der Waals surface area contributed by atoms with E-state index in [4.69, 9.17) is 0 Å². The smallest absolute Gasteiger partial charge is 0.239 e. The number of nitrogens with zero attached hydrogens (tertiary/aromatic N) is 1. The minimum Gasteiger partial charge on any atom is -0.353 e. The lowest BCUT2D eigenvalue weighted by atomic mass is 10.3. The van der Waals surface area contributed by atoms with Gasteiger partial charge in [-0.1, -0.05) is 15.9 Å². The van der Waals surface area contributed by atoms with Gasteiger partial charge in [-0.3, -0.25) is 9.59 Å². The number of piperazine rings is 1. The number of carbonyl (C=O) groups is 2. The monoisotopic (exact) mass is 342 g/mol. The van der Waals surface area contributed by atoms with Gasteiger partial charge in [0.2, 0.25) is 11.8 Å². The van der Waals surface area contributed by atoms with E-state index in [-0.39, 0.29) is 23.6 Å². The van der Waals surface area contributed by atoms with E-state index >= 15 is 0 Å². The molecular formula is C13H15BrN2O2S. The van der Waals surface area contributed by atoms with Crippen LogP contribution < -0.4 is 5.32 Å². The summed E-state index contributed by atoms with van der Waals surface area (Å²) in [4.78, 5) is 26.2. The Morgan fingerprint density at radius 1 is 1.42 bits per heavy atom. The highest BCUT2D eigenvalue weighted by Gasteiger charge is 2.25. The molecule has 102 valence electrons. The summed E-state index contributed by atoms with van der Waals surface area (Å²) < 4.78 is 1.02. The van der Waals surface area contributed by atoms with Crippen molar-refractivity contribution in [3.05, 3.63) is 28.7 Å². The Hall–Kier alpha value is -1.01. The van der Waals surface area contributed by atoms with Crippen molar-refractivity contribution in [2.24, 2.45) is 0 Å². The molecule has 2 rings (SSSR count). The highest BCUT2D eigenvalue weighted by Crippen LogP contribution is 2.26. The van der Waals surface area contributed by atoms with Crippen molar-refractivity contribution in [2.75, 3.05) is 19.6 Å². The summed E-state index contributed by atoms with van der Waals surface area (Å²) in [7, 11) is 0. The van der Waals surface area contributed by atoms with E-state index in [9.17, 15) is 9.59 Å².